The molecule has 134 valence electrons. The average molecular weight is 356 g/mol. The van der Waals surface area contributed by atoms with E-state index in [1.165, 1.54) is 12.3 Å². The quantitative estimate of drug-likeness (QED) is 0.773. The summed E-state index contributed by atoms with van der Waals surface area (Å²) in [6.07, 6.45) is 2.05. The molecule has 0 bridgehead atoms. The molecule has 6 heteroatoms. The summed E-state index contributed by atoms with van der Waals surface area (Å²) in [5.74, 6) is -1.97. The molecule has 0 saturated heterocycles. The molecule has 1 N–H and O–H groups in total. The first-order valence-corrected chi connectivity index (χ1v) is 8.33. The number of carbonyl (C=O) groups excluding carboxylic acids is 1. The Morgan fingerprint density at radius 2 is 1.85 bits per heavy atom. The second kappa shape index (κ2) is 7.07. The third-order valence-electron chi connectivity index (χ3n) is 4.33. The maximum absolute atomic E-state index is 14.2. The van der Waals surface area contributed by atoms with Crippen molar-refractivity contribution in [2.24, 2.45) is 0 Å². The van der Waals surface area contributed by atoms with Crippen LogP contribution in [0.3, 0.4) is 0 Å². The minimum absolute atomic E-state index is 0.0517. The van der Waals surface area contributed by atoms with Crippen LogP contribution >= 0.6 is 0 Å². The van der Waals surface area contributed by atoms with Crippen LogP contribution in [-0.4, -0.2) is 16.5 Å². The molecule has 1 aromatic heterocycles. The summed E-state index contributed by atoms with van der Waals surface area (Å²) in [4.78, 5) is 25.5. The van der Waals surface area contributed by atoms with Crippen LogP contribution in [0.1, 0.15) is 30.6 Å². The van der Waals surface area contributed by atoms with E-state index in [-0.39, 0.29) is 28.6 Å². The Balaban J connectivity index is 2.27. The molecule has 1 unspecified atom stereocenters. The summed E-state index contributed by atoms with van der Waals surface area (Å²) in [6, 6.07) is 9.55. The van der Waals surface area contributed by atoms with E-state index in [2.05, 4.69) is 5.32 Å². The number of fused-ring (bicyclic) bond motifs is 1. The highest BCUT2D eigenvalue weighted by Gasteiger charge is 2.18. The number of pyridine rings is 1. The molecule has 3 aromatic rings. The smallest absolute Gasteiger partial charge is 0.263 e. The topological polar surface area (TPSA) is 51.1 Å². The Morgan fingerprint density at radius 3 is 2.50 bits per heavy atom. The molecule has 26 heavy (non-hydrogen) atoms. The predicted octanol–water partition coefficient (Wildman–Crippen LogP) is 3.80. The fourth-order valence-electron chi connectivity index (χ4n) is 2.73. The summed E-state index contributed by atoms with van der Waals surface area (Å²) < 4.78 is 28.5. The molecule has 2 aromatic carbocycles. The van der Waals surface area contributed by atoms with Crippen LogP contribution < -0.4 is 10.9 Å². The minimum atomic E-state index is -0.879. The van der Waals surface area contributed by atoms with Gasteiger partial charge in [0.15, 0.2) is 0 Å². The first-order valence-electron chi connectivity index (χ1n) is 8.33. The number of amides is 1. The highest BCUT2D eigenvalue weighted by Crippen LogP contribution is 2.20. The molecule has 0 saturated carbocycles. The number of hydrogen-bond acceptors (Lipinski definition) is 2. The van der Waals surface area contributed by atoms with Gasteiger partial charge in [-0.3, -0.25) is 14.2 Å². The monoisotopic (exact) mass is 356 g/mol. The summed E-state index contributed by atoms with van der Waals surface area (Å²) in [7, 11) is 0. The van der Waals surface area contributed by atoms with Gasteiger partial charge in [0, 0.05) is 29.1 Å². The van der Waals surface area contributed by atoms with E-state index >= 15 is 0 Å². The van der Waals surface area contributed by atoms with Crippen LogP contribution in [0.5, 0.6) is 0 Å². The van der Waals surface area contributed by atoms with E-state index in [1.54, 1.807) is 24.3 Å². The first-order chi connectivity index (χ1) is 12.4. The predicted molar refractivity (Wildman–Crippen MR) is 96.7 cm³/mol. The van der Waals surface area contributed by atoms with Gasteiger partial charge < -0.3 is 5.32 Å². The Bertz CT molecular complexity index is 1040. The van der Waals surface area contributed by atoms with E-state index < -0.39 is 17.2 Å². The van der Waals surface area contributed by atoms with Gasteiger partial charge in [-0.05, 0) is 31.5 Å². The van der Waals surface area contributed by atoms with Gasteiger partial charge in [0.25, 0.3) is 11.5 Å². The molecule has 1 atom stereocenters. The zero-order valence-corrected chi connectivity index (χ0v) is 14.4. The number of hydrogen-bond donors (Lipinski definition) is 1. The van der Waals surface area contributed by atoms with Gasteiger partial charge >= 0.3 is 0 Å². The maximum atomic E-state index is 14.2. The Morgan fingerprint density at radius 1 is 1.15 bits per heavy atom. The SMILES string of the molecule is CCC(C)NC(=O)c1cn(-c2ccc(F)cc2F)c(=O)c2ccccc12. The number of aromatic nitrogens is 1. The number of nitrogens with zero attached hydrogens (tertiary/aromatic N) is 1. The van der Waals surface area contributed by atoms with Crippen molar-refractivity contribution in [1.29, 1.82) is 0 Å². The normalized spacial score (nSPS) is 12.2. The molecule has 0 spiro atoms. The molecule has 4 nitrogen and oxygen atoms in total. The highest BCUT2D eigenvalue weighted by molar-refractivity contribution is 6.06. The molecular formula is C20H18F2N2O2. The average Bonchev–Trinajstić information content (AvgIpc) is 2.62. The molecule has 0 fully saturated rings. The van der Waals surface area contributed by atoms with Gasteiger partial charge in [0.05, 0.1) is 11.3 Å². The Labute approximate surface area is 149 Å². The molecular weight excluding hydrogens is 338 g/mol. The van der Waals surface area contributed by atoms with E-state index in [4.69, 9.17) is 0 Å². The lowest BCUT2D eigenvalue weighted by molar-refractivity contribution is 0.0940. The van der Waals surface area contributed by atoms with Gasteiger partial charge in [0.2, 0.25) is 0 Å². The number of rotatable bonds is 4. The summed E-state index contributed by atoms with van der Waals surface area (Å²) in [5.41, 5.74) is -0.338. The van der Waals surface area contributed by atoms with E-state index in [0.29, 0.717) is 11.5 Å². The van der Waals surface area contributed by atoms with Crippen LogP contribution in [0, 0.1) is 11.6 Å². The fraction of sp³-hybridized carbons (Fsp3) is 0.200. The zero-order valence-electron chi connectivity index (χ0n) is 14.4. The molecule has 0 aliphatic carbocycles. The van der Waals surface area contributed by atoms with E-state index in [0.717, 1.165) is 17.1 Å². The van der Waals surface area contributed by atoms with Gasteiger partial charge in [-0.1, -0.05) is 25.1 Å². The fourth-order valence-corrected chi connectivity index (χ4v) is 2.73. The Hall–Kier alpha value is -3.02. The number of halogens is 2. The standard InChI is InChI=1S/C20H18F2N2O2/c1-3-12(2)23-19(25)16-11-24(18-9-8-13(21)10-17(18)22)20(26)15-7-5-4-6-14(15)16/h4-12H,3H2,1-2H3,(H,23,25). The van der Waals surface area contributed by atoms with Crippen molar-refractivity contribution in [2.75, 3.05) is 0 Å². The third kappa shape index (κ3) is 3.22. The van der Waals surface area contributed by atoms with Crippen molar-refractivity contribution in [1.82, 2.24) is 9.88 Å². The largest absolute Gasteiger partial charge is 0.350 e. The zero-order chi connectivity index (χ0) is 18.8. The maximum Gasteiger partial charge on any atom is 0.263 e. The number of carbonyl (C=O) groups is 1. The van der Waals surface area contributed by atoms with Crippen LogP contribution in [0.4, 0.5) is 8.78 Å². The van der Waals surface area contributed by atoms with Gasteiger partial charge in [-0.2, -0.15) is 0 Å². The summed E-state index contributed by atoms with van der Waals surface area (Å²) in [6.45, 7) is 3.81. The second-order valence-electron chi connectivity index (χ2n) is 6.14. The van der Waals surface area contributed by atoms with Crippen LogP contribution in [0.2, 0.25) is 0 Å². The minimum Gasteiger partial charge on any atom is -0.350 e. The van der Waals surface area contributed by atoms with E-state index in [9.17, 15) is 18.4 Å². The van der Waals surface area contributed by atoms with E-state index in [1.807, 2.05) is 13.8 Å². The molecule has 0 aliphatic rings. The lowest BCUT2D eigenvalue weighted by atomic mass is 10.1. The van der Waals surface area contributed by atoms with Crippen molar-refractivity contribution < 1.29 is 13.6 Å². The number of nitrogens with one attached hydrogen (secondary N) is 1. The lowest BCUT2D eigenvalue weighted by Crippen LogP contribution is -2.33. The van der Waals surface area contributed by atoms with Crippen molar-refractivity contribution >= 4 is 16.7 Å². The van der Waals surface area contributed by atoms with Crippen molar-refractivity contribution in [3.8, 4) is 5.69 Å². The van der Waals surface area contributed by atoms with Crippen LogP contribution in [0.25, 0.3) is 16.5 Å². The molecule has 0 radical (unpaired) electrons. The lowest BCUT2D eigenvalue weighted by Gasteiger charge is -2.15. The molecule has 1 amide bonds. The van der Waals surface area contributed by atoms with Crippen LogP contribution in [0.15, 0.2) is 53.5 Å². The summed E-state index contributed by atoms with van der Waals surface area (Å²) in [5, 5.41) is 3.62. The third-order valence-corrected chi connectivity index (χ3v) is 4.33. The highest BCUT2D eigenvalue weighted by atomic mass is 19.1. The second-order valence-corrected chi connectivity index (χ2v) is 6.14. The Kier molecular flexibility index (Phi) is 4.84. The van der Waals surface area contributed by atoms with Gasteiger partial charge in [-0.15, -0.1) is 0 Å². The number of benzene rings is 2. The van der Waals surface area contributed by atoms with Crippen molar-refractivity contribution in [2.45, 2.75) is 26.3 Å². The summed E-state index contributed by atoms with van der Waals surface area (Å²) >= 11 is 0. The van der Waals surface area contributed by atoms with Crippen molar-refractivity contribution in [3.05, 3.63) is 76.2 Å². The van der Waals surface area contributed by atoms with Crippen molar-refractivity contribution in [3.63, 3.8) is 0 Å². The van der Waals surface area contributed by atoms with Gasteiger partial charge in [-0.25, -0.2) is 8.78 Å². The molecule has 1 heterocycles. The van der Waals surface area contributed by atoms with Crippen LogP contribution in [-0.2, 0) is 0 Å². The molecule has 3 rings (SSSR count). The molecule has 0 aliphatic heterocycles. The first kappa shape index (κ1) is 17.8. The van der Waals surface area contributed by atoms with Gasteiger partial charge in [0.1, 0.15) is 11.6 Å².